The van der Waals surface area contributed by atoms with Crippen LogP contribution in [-0.4, -0.2) is 29.7 Å². The molecule has 0 unspecified atom stereocenters. The Kier molecular flexibility index (Phi) is 3.69. The van der Waals surface area contributed by atoms with E-state index < -0.39 is 6.04 Å². The molecule has 0 aromatic rings. The number of aliphatic hydroxyl groups is 1. The first-order chi connectivity index (χ1) is 6.15. The average molecular weight is 186 g/mol. The minimum Gasteiger partial charge on any atom is -0.396 e. The molecule has 4 N–H and O–H groups in total. The monoisotopic (exact) mass is 186 g/mol. The molecule has 1 saturated carbocycles. The number of nitrogens with two attached hydrogens (primary N) is 1. The highest BCUT2D eigenvalue weighted by molar-refractivity contribution is 5.81. The maximum Gasteiger partial charge on any atom is 0.236 e. The Balaban J connectivity index is 2.39. The first kappa shape index (κ1) is 10.5. The van der Waals surface area contributed by atoms with Gasteiger partial charge in [-0.3, -0.25) is 4.79 Å². The summed E-state index contributed by atoms with van der Waals surface area (Å²) >= 11 is 0. The molecule has 1 amide bonds. The molecule has 76 valence electrons. The zero-order valence-corrected chi connectivity index (χ0v) is 7.99. The van der Waals surface area contributed by atoms with E-state index in [1.165, 1.54) is 0 Å². The van der Waals surface area contributed by atoms with Gasteiger partial charge in [-0.1, -0.05) is 6.42 Å². The third-order valence-corrected chi connectivity index (χ3v) is 2.63. The number of carbonyl (C=O) groups excluding carboxylic acids is 1. The van der Waals surface area contributed by atoms with E-state index in [9.17, 15) is 4.79 Å². The van der Waals surface area contributed by atoms with E-state index in [1.54, 1.807) is 6.92 Å². The molecule has 1 aliphatic carbocycles. The van der Waals surface area contributed by atoms with E-state index in [0.29, 0.717) is 0 Å². The number of nitrogens with one attached hydrogen (secondary N) is 1. The Labute approximate surface area is 78.5 Å². The maximum absolute atomic E-state index is 11.2. The minimum atomic E-state index is -0.458. The summed E-state index contributed by atoms with van der Waals surface area (Å²) < 4.78 is 0. The fourth-order valence-electron chi connectivity index (χ4n) is 1.76. The number of amides is 1. The Bertz CT molecular complexity index is 182. The van der Waals surface area contributed by atoms with Gasteiger partial charge in [0.25, 0.3) is 0 Å². The highest BCUT2D eigenvalue weighted by atomic mass is 16.3. The molecule has 0 aromatic carbocycles. The topological polar surface area (TPSA) is 75.4 Å². The molecule has 0 radical (unpaired) electrons. The van der Waals surface area contributed by atoms with E-state index in [4.69, 9.17) is 10.8 Å². The summed E-state index contributed by atoms with van der Waals surface area (Å²) in [5, 5.41) is 11.9. The SMILES string of the molecule is C[C@@H](N)C(=O)N[C@@H]1CCC[C@@H]1CO. The number of carbonyl (C=O) groups is 1. The third kappa shape index (κ3) is 2.67. The van der Waals surface area contributed by atoms with Crippen molar-refractivity contribution in [3.05, 3.63) is 0 Å². The molecule has 4 nitrogen and oxygen atoms in total. The second-order valence-electron chi connectivity index (χ2n) is 3.78. The van der Waals surface area contributed by atoms with Gasteiger partial charge in [-0.2, -0.15) is 0 Å². The Morgan fingerprint density at radius 3 is 2.92 bits per heavy atom. The van der Waals surface area contributed by atoms with Crippen LogP contribution in [0.2, 0.25) is 0 Å². The number of aliphatic hydroxyl groups excluding tert-OH is 1. The smallest absolute Gasteiger partial charge is 0.236 e. The summed E-state index contributed by atoms with van der Waals surface area (Å²) in [4.78, 5) is 11.2. The van der Waals surface area contributed by atoms with Crippen molar-refractivity contribution in [3.63, 3.8) is 0 Å². The first-order valence-electron chi connectivity index (χ1n) is 4.82. The quantitative estimate of drug-likeness (QED) is 0.562. The predicted octanol–water partition coefficient (Wildman–Crippen LogP) is -0.389. The van der Waals surface area contributed by atoms with Gasteiger partial charge < -0.3 is 16.2 Å². The highest BCUT2D eigenvalue weighted by Crippen LogP contribution is 2.24. The van der Waals surface area contributed by atoms with Gasteiger partial charge in [0.05, 0.1) is 6.04 Å². The van der Waals surface area contributed by atoms with Crippen molar-refractivity contribution in [2.24, 2.45) is 11.7 Å². The van der Waals surface area contributed by atoms with Gasteiger partial charge in [0.15, 0.2) is 0 Å². The van der Waals surface area contributed by atoms with Gasteiger partial charge >= 0.3 is 0 Å². The van der Waals surface area contributed by atoms with Crippen LogP contribution in [0.1, 0.15) is 26.2 Å². The van der Waals surface area contributed by atoms with Gasteiger partial charge in [-0.15, -0.1) is 0 Å². The lowest BCUT2D eigenvalue weighted by atomic mass is 10.0. The molecule has 0 aromatic heterocycles. The summed E-state index contributed by atoms with van der Waals surface area (Å²) in [6.45, 7) is 1.82. The van der Waals surface area contributed by atoms with Crippen LogP contribution in [0.25, 0.3) is 0 Å². The second kappa shape index (κ2) is 4.58. The molecule has 0 saturated heterocycles. The van der Waals surface area contributed by atoms with Crippen LogP contribution < -0.4 is 11.1 Å². The van der Waals surface area contributed by atoms with E-state index in [-0.39, 0.29) is 24.5 Å². The molecular formula is C9H18N2O2. The van der Waals surface area contributed by atoms with Crippen molar-refractivity contribution in [1.82, 2.24) is 5.32 Å². The van der Waals surface area contributed by atoms with E-state index >= 15 is 0 Å². The number of hydrogen-bond acceptors (Lipinski definition) is 3. The first-order valence-corrected chi connectivity index (χ1v) is 4.82. The fraction of sp³-hybridized carbons (Fsp3) is 0.889. The van der Waals surface area contributed by atoms with Crippen LogP contribution in [0.15, 0.2) is 0 Å². The van der Waals surface area contributed by atoms with E-state index in [1.807, 2.05) is 0 Å². The summed E-state index contributed by atoms with van der Waals surface area (Å²) in [6.07, 6.45) is 3.04. The Morgan fingerprint density at radius 1 is 1.69 bits per heavy atom. The molecule has 1 fully saturated rings. The molecule has 1 rings (SSSR count). The lowest BCUT2D eigenvalue weighted by molar-refractivity contribution is -0.123. The van der Waals surface area contributed by atoms with Crippen LogP contribution in [0, 0.1) is 5.92 Å². The third-order valence-electron chi connectivity index (χ3n) is 2.63. The second-order valence-corrected chi connectivity index (χ2v) is 3.78. The van der Waals surface area contributed by atoms with Crippen LogP contribution in [-0.2, 0) is 4.79 Å². The van der Waals surface area contributed by atoms with Gasteiger partial charge in [0, 0.05) is 18.6 Å². The number of hydrogen-bond donors (Lipinski definition) is 3. The molecular weight excluding hydrogens is 168 g/mol. The van der Waals surface area contributed by atoms with Crippen LogP contribution in [0.4, 0.5) is 0 Å². The molecule has 3 atom stereocenters. The Hall–Kier alpha value is -0.610. The largest absolute Gasteiger partial charge is 0.396 e. The molecule has 0 spiro atoms. The van der Waals surface area contributed by atoms with Crippen molar-refractivity contribution in [2.45, 2.75) is 38.3 Å². The summed E-state index contributed by atoms with van der Waals surface area (Å²) in [7, 11) is 0. The molecule has 0 aliphatic heterocycles. The fourth-order valence-corrected chi connectivity index (χ4v) is 1.76. The standard InChI is InChI=1S/C9H18N2O2/c1-6(10)9(13)11-8-4-2-3-7(8)5-12/h6-8,12H,2-5,10H2,1H3,(H,11,13)/t6-,7-,8-/m1/s1. The maximum atomic E-state index is 11.2. The van der Waals surface area contributed by atoms with Crippen molar-refractivity contribution in [3.8, 4) is 0 Å². The van der Waals surface area contributed by atoms with Crippen molar-refractivity contribution >= 4 is 5.91 Å². The minimum absolute atomic E-state index is 0.120. The summed E-state index contributed by atoms with van der Waals surface area (Å²) in [6, 6.07) is -0.330. The van der Waals surface area contributed by atoms with Crippen LogP contribution in [0.5, 0.6) is 0 Å². The molecule has 13 heavy (non-hydrogen) atoms. The zero-order valence-electron chi connectivity index (χ0n) is 7.99. The number of rotatable bonds is 3. The van der Waals surface area contributed by atoms with E-state index in [0.717, 1.165) is 19.3 Å². The van der Waals surface area contributed by atoms with Gasteiger partial charge in [0.2, 0.25) is 5.91 Å². The van der Waals surface area contributed by atoms with Crippen LogP contribution in [0.3, 0.4) is 0 Å². The molecule has 1 aliphatic rings. The lowest BCUT2D eigenvalue weighted by Crippen LogP contribution is -2.45. The average Bonchev–Trinajstić information content (AvgIpc) is 2.51. The van der Waals surface area contributed by atoms with Crippen molar-refractivity contribution < 1.29 is 9.90 Å². The van der Waals surface area contributed by atoms with E-state index in [2.05, 4.69) is 5.32 Å². The molecule has 4 heteroatoms. The summed E-state index contributed by atoms with van der Waals surface area (Å²) in [5.41, 5.74) is 5.43. The summed E-state index contributed by atoms with van der Waals surface area (Å²) in [5.74, 6) is 0.105. The molecule has 0 bridgehead atoms. The zero-order chi connectivity index (χ0) is 9.84. The lowest BCUT2D eigenvalue weighted by Gasteiger charge is -2.19. The Morgan fingerprint density at radius 2 is 2.38 bits per heavy atom. The van der Waals surface area contributed by atoms with Gasteiger partial charge in [-0.05, 0) is 19.8 Å². The normalized spacial score (nSPS) is 30.1. The van der Waals surface area contributed by atoms with Crippen LogP contribution >= 0.6 is 0 Å². The predicted molar refractivity (Wildman–Crippen MR) is 50.0 cm³/mol. The van der Waals surface area contributed by atoms with Crippen molar-refractivity contribution in [1.29, 1.82) is 0 Å². The van der Waals surface area contributed by atoms with Gasteiger partial charge in [-0.25, -0.2) is 0 Å². The molecule has 0 heterocycles. The highest BCUT2D eigenvalue weighted by Gasteiger charge is 2.28. The van der Waals surface area contributed by atoms with Gasteiger partial charge in [0.1, 0.15) is 0 Å². The van der Waals surface area contributed by atoms with Crippen molar-refractivity contribution in [2.75, 3.05) is 6.61 Å².